The molecule has 2 aromatic rings. The molecule has 2 aliphatic heterocycles. The molecule has 4 unspecified atom stereocenters. The van der Waals surface area contributed by atoms with Crippen molar-refractivity contribution in [3.05, 3.63) is 99.7 Å². The van der Waals surface area contributed by atoms with Crippen molar-refractivity contribution in [2.45, 2.75) is 115 Å². The van der Waals surface area contributed by atoms with Crippen molar-refractivity contribution in [1.82, 2.24) is 0 Å². The Labute approximate surface area is 414 Å². The summed E-state index contributed by atoms with van der Waals surface area (Å²) in [5.74, 6) is -8.33. The zero-order valence-electron chi connectivity index (χ0n) is 35.7. The lowest BCUT2D eigenvalue weighted by molar-refractivity contribution is -0.437. The summed E-state index contributed by atoms with van der Waals surface area (Å²) >= 11 is 6.52. The highest BCUT2D eigenvalue weighted by molar-refractivity contribution is 14.1. The van der Waals surface area contributed by atoms with Crippen molar-refractivity contribution in [1.29, 1.82) is 0 Å². The van der Waals surface area contributed by atoms with Crippen LogP contribution in [0, 0.1) is 34.1 Å². The van der Waals surface area contributed by atoms with Crippen molar-refractivity contribution in [3.8, 4) is 0 Å². The van der Waals surface area contributed by atoms with E-state index in [2.05, 4.69) is 67.8 Å². The first-order chi connectivity index (χ1) is 29.9. The van der Waals surface area contributed by atoms with Gasteiger partial charge in [0.1, 0.15) is 6.54 Å². The maximum absolute atomic E-state index is 15.8. The van der Waals surface area contributed by atoms with Gasteiger partial charge in [-0.05, 0) is 119 Å². The van der Waals surface area contributed by atoms with E-state index in [1.54, 1.807) is 68.2 Å². The van der Waals surface area contributed by atoms with E-state index in [0.717, 1.165) is 23.2 Å². The van der Waals surface area contributed by atoms with E-state index in [-0.39, 0.29) is 43.5 Å². The van der Waals surface area contributed by atoms with Crippen LogP contribution < -0.4 is 4.90 Å². The number of hydrogen-bond acceptors (Lipinski definition) is 8. The second-order valence-electron chi connectivity index (χ2n) is 16.2. The van der Waals surface area contributed by atoms with E-state index in [0.29, 0.717) is 61.2 Å². The molecule has 0 bridgehead atoms. The third kappa shape index (κ3) is 12.0. The number of carboxylic acid groups (broad SMARTS) is 2. The van der Waals surface area contributed by atoms with Crippen LogP contribution in [-0.2, 0) is 40.7 Å². The quantitative estimate of drug-likeness (QED) is 0.0240. The van der Waals surface area contributed by atoms with Crippen molar-refractivity contribution in [2.24, 2.45) is 5.92 Å². The summed E-state index contributed by atoms with van der Waals surface area (Å²) in [6.45, 7) is 7.02. The number of nitrogens with zero attached hydrogens (tertiary/aromatic N) is 2. The molecule has 4 rings (SSSR count). The molecule has 2 aromatic carbocycles. The van der Waals surface area contributed by atoms with Crippen LogP contribution in [0.2, 0.25) is 0 Å². The van der Waals surface area contributed by atoms with Crippen LogP contribution >= 0.6 is 67.8 Å². The Morgan fingerprint density at radius 1 is 0.859 bits per heavy atom. The minimum absolute atomic E-state index is 0.0306. The van der Waals surface area contributed by atoms with Gasteiger partial charge in [0.25, 0.3) is 10.1 Å². The van der Waals surface area contributed by atoms with E-state index in [1.165, 1.54) is 4.58 Å². The second-order valence-corrected chi connectivity index (χ2v) is 22.7. The molecule has 2 heterocycles. The van der Waals surface area contributed by atoms with Crippen LogP contribution in [0.15, 0.2) is 60.4 Å². The molecular formula is C44H52F3I3N2O10S2. The molecule has 0 spiro atoms. The molecular weight excluding hydrogens is 1220 g/mol. The maximum atomic E-state index is 15.8. The second kappa shape index (κ2) is 22.6. The third-order valence-corrected chi connectivity index (χ3v) is 18.9. The van der Waals surface area contributed by atoms with Gasteiger partial charge in [-0.25, -0.2) is 21.6 Å². The summed E-state index contributed by atoms with van der Waals surface area (Å²) < 4.78 is 121. The number of anilines is 1. The van der Waals surface area contributed by atoms with Gasteiger partial charge in [0.2, 0.25) is 5.69 Å². The first-order valence-electron chi connectivity index (χ1n) is 20.7. The molecule has 0 saturated carbocycles. The third-order valence-electron chi connectivity index (χ3n) is 11.9. The highest BCUT2D eigenvalue weighted by atomic mass is 127. The van der Waals surface area contributed by atoms with Crippen LogP contribution in [0.4, 0.5) is 24.5 Å². The van der Waals surface area contributed by atoms with E-state index in [9.17, 15) is 49.4 Å². The number of hydrogen-bond donors (Lipinski definition) is 3. The molecule has 0 saturated heterocycles. The smallest absolute Gasteiger partial charge is 0.307 e. The zero-order valence-corrected chi connectivity index (χ0v) is 43.8. The fourth-order valence-corrected chi connectivity index (χ4v) is 13.0. The van der Waals surface area contributed by atoms with Crippen LogP contribution in [0.5, 0.6) is 0 Å². The van der Waals surface area contributed by atoms with Gasteiger partial charge < -0.3 is 19.7 Å². The molecule has 352 valence electrons. The Hall–Kier alpha value is -2.39. The van der Waals surface area contributed by atoms with Crippen molar-refractivity contribution in [3.63, 3.8) is 0 Å². The van der Waals surface area contributed by atoms with Gasteiger partial charge in [-0.1, -0.05) is 76.3 Å². The largest absolute Gasteiger partial charge is 0.748 e. The van der Waals surface area contributed by atoms with Gasteiger partial charge >= 0.3 is 11.9 Å². The zero-order chi connectivity index (χ0) is 47.9. The number of allylic oxidation sites excluding steroid dienone is 8. The number of halogens is 6. The average Bonchev–Trinajstić information content (AvgIpc) is 3.56. The number of benzene rings is 2. The van der Waals surface area contributed by atoms with Crippen molar-refractivity contribution < 1.29 is 63.5 Å². The molecule has 0 amide bonds. The van der Waals surface area contributed by atoms with Gasteiger partial charge in [0.05, 0.1) is 27.0 Å². The van der Waals surface area contributed by atoms with Gasteiger partial charge in [0, 0.05) is 63.8 Å². The molecule has 4 atom stereocenters. The molecule has 3 N–H and O–H groups in total. The number of carboxylic acids is 2. The summed E-state index contributed by atoms with van der Waals surface area (Å²) in [5.41, 5.74) is -0.867. The average molecular weight is 1270 g/mol. The summed E-state index contributed by atoms with van der Waals surface area (Å²) in [6, 6.07) is 2.65. The van der Waals surface area contributed by atoms with Crippen molar-refractivity contribution >= 4 is 117 Å². The number of fused-ring (bicyclic) bond motifs is 2. The lowest BCUT2D eigenvalue weighted by Crippen LogP contribution is -2.45. The number of rotatable bonds is 23. The molecule has 2 aliphatic rings. The minimum Gasteiger partial charge on any atom is -0.748 e. The molecule has 0 radical (unpaired) electrons. The lowest BCUT2D eigenvalue weighted by atomic mass is 9.69. The summed E-state index contributed by atoms with van der Waals surface area (Å²) in [6.07, 6.45) is 14.3. The SMILES string of the molecule is CCCCC(C(=O)O)C1(C)/C(=C/C=C/C=C/C=C/C2=[N+](CCCS(=O)(=O)[O-])c3cc(F)c(F)c(F)c3C2(C)CCCCCC(=O)O)N(C(CCC)S(=O)(=O)O)c2cc(I)c(I)c(I)c21. The predicted octanol–water partition coefficient (Wildman–Crippen LogP) is 10.5. The van der Waals surface area contributed by atoms with Crippen molar-refractivity contribution in [2.75, 3.05) is 17.2 Å². The Morgan fingerprint density at radius 2 is 1.52 bits per heavy atom. The van der Waals surface area contributed by atoms with Crippen LogP contribution in [0.25, 0.3) is 0 Å². The van der Waals surface area contributed by atoms with E-state index >= 15 is 4.39 Å². The predicted molar refractivity (Wildman–Crippen MR) is 264 cm³/mol. The fraction of sp³-hybridized carbons (Fsp3) is 0.477. The monoisotopic (exact) mass is 1270 g/mol. The van der Waals surface area contributed by atoms with Gasteiger partial charge in [-0.2, -0.15) is 13.0 Å². The number of aliphatic carboxylic acids is 2. The normalized spacial score (nSPS) is 20.6. The van der Waals surface area contributed by atoms with Gasteiger partial charge in [-0.3, -0.25) is 14.1 Å². The Morgan fingerprint density at radius 3 is 2.11 bits per heavy atom. The fourth-order valence-electron chi connectivity index (χ4n) is 8.88. The molecule has 0 aromatic heterocycles. The van der Waals surface area contributed by atoms with E-state index in [1.807, 2.05) is 13.0 Å². The minimum atomic E-state index is -4.71. The summed E-state index contributed by atoms with van der Waals surface area (Å²) in [5, 5.41) is 18.5. The summed E-state index contributed by atoms with van der Waals surface area (Å²) in [7, 11) is -9.36. The molecule has 12 nitrogen and oxygen atoms in total. The Bertz CT molecular complexity index is 2510. The molecule has 64 heavy (non-hydrogen) atoms. The number of unbranched alkanes of at least 4 members (excludes halogenated alkanes) is 3. The molecule has 20 heteroatoms. The number of carbonyl (C=O) groups is 2. The lowest BCUT2D eigenvalue weighted by Gasteiger charge is -2.37. The van der Waals surface area contributed by atoms with E-state index in [4.69, 9.17) is 5.11 Å². The van der Waals surface area contributed by atoms with Gasteiger partial charge in [-0.15, -0.1) is 0 Å². The highest BCUT2D eigenvalue weighted by Gasteiger charge is 2.56. The standard InChI is InChI=1S/C44H52F3I3N2O10S2/c1-5-7-18-27(42(55)56)44(4)33(52(34(17-6-2)64(60,61)62)31-26-29(48)40(49)41(50)37(31)44)20-13-10-8-9-12-19-32-43(3,22-15-11-14-21-35(53)54)36-30(25-28(45)38(46)39(36)47)51(32)23-16-24-63(57,58)59/h8-10,12-13,19-20,25-27,34H,5-7,11,14-18,21-24H2,1-4H3,(H3-,53,54,55,56,57,58,59,60,61,62). The summed E-state index contributed by atoms with van der Waals surface area (Å²) in [4.78, 5) is 25.9. The van der Waals surface area contributed by atoms with Crippen LogP contribution in [-0.4, -0.2) is 76.1 Å². The maximum Gasteiger partial charge on any atom is 0.307 e. The van der Waals surface area contributed by atoms with Gasteiger partial charge in [0.15, 0.2) is 28.5 Å². The van der Waals surface area contributed by atoms with Crippen LogP contribution in [0.3, 0.4) is 0 Å². The Balaban J connectivity index is 1.86. The molecule has 0 fully saturated rings. The van der Waals surface area contributed by atoms with Crippen LogP contribution in [0.1, 0.15) is 109 Å². The topological polar surface area (TPSA) is 192 Å². The van der Waals surface area contributed by atoms with E-state index < -0.39 is 77.5 Å². The first kappa shape index (κ1) is 54.2. The Kier molecular flexibility index (Phi) is 19.1. The highest BCUT2D eigenvalue weighted by Crippen LogP contribution is 2.57. The first-order valence-corrected chi connectivity index (χ1v) is 27.1. The molecule has 0 aliphatic carbocycles.